The van der Waals surface area contributed by atoms with E-state index in [1.165, 1.54) is 24.3 Å². The van der Waals surface area contributed by atoms with Gasteiger partial charge in [0.25, 0.3) is 5.76 Å². The summed E-state index contributed by atoms with van der Waals surface area (Å²) in [6.07, 6.45) is 0. The number of para-hydroxylation sites is 1. The normalized spacial score (nSPS) is 12.0. The molecule has 9 heteroatoms. The zero-order chi connectivity index (χ0) is 15.1. The Morgan fingerprint density at radius 3 is 2.50 bits per heavy atom. The Hall–Kier alpha value is -1.87. The topological polar surface area (TPSA) is 98.7 Å². The molecule has 0 aliphatic carbocycles. The van der Waals surface area contributed by atoms with Gasteiger partial charge in [0.1, 0.15) is 0 Å². The molecule has 0 aliphatic rings. The number of hydrogen-bond acceptors (Lipinski definition) is 4. The fourth-order valence-corrected chi connectivity index (χ4v) is 1.87. The van der Waals surface area contributed by atoms with Gasteiger partial charge in [-0.3, -0.25) is 0 Å². The maximum absolute atomic E-state index is 12.3. The molecule has 0 unspecified atom stereocenters. The van der Waals surface area contributed by atoms with Crippen molar-refractivity contribution in [3.63, 3.8) is 0 Å². The molecule has 1 atom stereocenters. The standard InChI is InChI=1S/C11H12F2N2O4S/c12-10(13)20-8-4-2-1-3-6(8)14-11(19)15-7(5-16)9(17)18/h1-4,7,10,16H,5H2,(H,17,18)(H2,14,15,19)/t7-/m1/s1. The van der Waals surface area contributed by atoms with Gasteiger partial charge < -0.3 is 20.8 Å². The third-order valence-corrected chi connectivity index (χ3v) is 2.93. The van der Waals surface area contributed by atoms with Crippen molar-refractivity contribution in [2.75, 3.05) is 11.9 Å². The number of carbonyl (C=O) groups is 2. The molecule has 0 fully saturated rings. The summed E-state index contributed by atoms with van der Waals surface area (Å²) in [5, 5.41) is 21.7. The number of urea groups is 1. The van der Waals surface area contributed by atoms with Gasteiger partial charge in [0.15, 0.2) is 6.04 Å². The van der Waals surface area contributed by atoms with Crippen LogP contribution in [-0.2, 0) is 4.79 Å². The van der Waals surface area contributed by atoms with E-state index in [4.69, 9.17) is 10.2 Å². The maximum Gasteiger partial charge on any atom is 0.328 e. The summed E-state index contributed by atoms with van der Waals surface area (Å²) < 4.78 is 24.7. The molecule has 1 rings (SSSR count). The average Bonchev–Trinajstić information content (AvgIpc) is 2.37. The van der Waals surface area contributed by atoms with Crippen LogP contribution in [0.4, 0.5) is 19.3 Å². The first-order chi connectivity index (χ1) is 9.43. The number of benzene rings is 1. The highest BCUT2D eigenvalue weighted by molar-refractivity contribution is 7.99. The van der Waals surface area contributed by atoms with Crippen molar-refractivity contribution >= 4 is 29.4 Å². The number of amides is 2. The highest BCUT2D eigenvalue weighted by Crippen LogP contribution is 2.31. The van der Waals surface area contributed by atoms with Gasteiger partial charge in [0.05, 0.1) is 12.3 Å². The fourth-order valence-electron chi connectivity index (χ4n) is 1.27. The minimum absolute atomic E-state index is 0.123. The largest absolute Gasteiger partial charge is 0.480 e. The molecule has 0 aromatic heterocycles. The van der Waals surface area contributed by atoms with Gasteiger partial charge in [-0.2, -0.15) is 8.78 Å². The number of hydrogen-bond donors (Lipinski definition) is 4. The van der Waals surface area contributed by atoms with Crippen LogP contribution >= 0.6 is 11.8 Å². The van der Waals surface area contributed by atoms with Crippen LogP contribution in [0.1, 0.15) is 0 Å². The van der Waals surface area contributed by atoms with E-state index in [1.807, 2.05) is 5.32 Å². The number of anilines is 1. The van der Waals surface area contributed by atoms with E-state index in [2.05, 4.69) is 5.32 Å². The highest BCUT2D eigenvalue weighted by Gasteiger charge is 2.19. The van der Waals surface area contributed by atoms with Crippen LogP contribution in [0.5, 0.6) is 0 Å². The third kappa shape index (κ3) is 5.02. The minimum Gasteiger partial charge on any atom is -0.480 e. The van der Waals surface area contributed by atoms with Crippen molar-refractivity contribution in [2.45, 2.75) is 16.7 Å². The molecule has 0 aliphatic heterocycles. The zero-order valence-electron chi connectivity index (χ0n) is 10.0. The first-order valence-corrected chi connectivity index (χ1v) is 6.27. The Labute approximate surface area is 117 Å². The summed E-state index contributed by atoms with van der Waals surface area (Å²) in [5.41, 5.74) is 0.123. The number of aliphatic hydroxyl groups excluding tert-OH is 1. The smallest absolute Gasteiger partial charge is 0.328 e. The predicted molar refractivity (Wildman–Crippen MR) is 69.0 cm³/mol. The number of thioether (sulfide) groups is 1. The van der Waals surface area contributed by atoms with Crippen molar-refractivity contribution in [1.29, 1.82) is 0 Å². The SMILES string of the molecule is O=C(Nc1ccccc1SC(F)F)N[C@H](CO)C(=O)O. The van der Waals surface area contributed by atoms with E-state index in [1.54, 1.807) is 0 Å². The lowest BCUT2D eigenvalue weighted by Gasteiger charge is -2.14. The van der Waals surface area contributed by atoms with E-state index in [0.717, 1.165) is 0 Å². The first kappa shape index (κ1) is 16.2. The molecule has 110 valence electrons. The van der Waals surface area contributed by atoms with E-state index in [-0.39, 0.29) is 22.3 Å². The van der Waals surface area contributed by atoms with Gasteiger partial charge in [-0.1, -0.05) is 23.9 Å². The highest BCUT2D eigenvalue weighted by atomic mass is 32.2. The van der Waals surface area contributed by atoms with Gasteiger partial charge in [0, 0.05) is 4.90 Å². The van der Waals surface area contributed by atoms with Gasteiger partial charge in [-0.25, -0.2) is 9.59 Å². The molecule has 1 aromatic rings. The number of halogens is 2. The summed E-state index contributed by atoms with van der Waals surface area (Å²) >= 11 is 0.256. The van der Waals surface area contributed by atoms with Crippen LogP contribution < -0.4 is 10.6 Å². The van der Waals surface area contributed by atoms with Crippen LogP contribution in [0.3, 0.4) is 0 Å². The Bertz CT molecular complexity index is 487. The molecule has 0 spiro atoms. The molecule has 0 radical (unpaired) electrons. The third-order valence-electron chi connectivity index (χ3n) is 2.14. The van der Waals surface area contributed by atoms with Gasteiger partial charge in [0.2, 0.25) is 0 Å². The summed E-state index contributed by atoms with van der Waals surface area (Å²) in [6, 6.07) is 3.48. The van der Waals surface area contributed by atoms with Crippen LogP contribution in [-0.4, -0.2) is 40.6 Å². The molecule has 20 heavy (non-hydrogen) atoms. The number of nitrogens with one attached hydrogen (secondary N) is 2. The monoisotopic (exact) mass is 306 g/mol. The number of carbonyl (C=O) groups excluding carboxylic acids is 1. The van der Waals surface area contributed by atoms with Crippen LogP contribution in [0.2, 0.25) is 0 Å². The summed E-state index contributed by atoms with van der Waals surface area (Å²) in [5.74, 6) is -4.05. The van der Waals surface area contributed by atoms with E-state index < -0.39 is 30.4 Å². The molecule has 0 saturated carbocycles. The second kappa shape index (κ2) is 7.65. The van der Waals surface area contributed by atoms with E-state index in [0.29, 0.717) is 0 Å². The Morgan fingerprint density at radius 2 is 1.95 bits per heavy atom. The molecule has 6 nitrogen and oxygen atoms in total. The quantitative estimate of drug-likeness (QED) is 0.598. The lowest BCUT2D eigenvalue weighted by molar-refractivity contribution is -0.140. The van der Waals surface area contributed by atoms with Gasteiger partial charge >= 0.3 is 12.0 Å². The Balaban J connectivity index is 2.73. The second-order valence-corrected chi connectivity index (χ2v) is 4.58. The molecule has 0 saturated heterocycles. The lowest BCUT2D eigenvalue weighted by atomic mass is 10.3. The summed E-state index contributed by atoms with van der Waals surface area (Å²) in [7, 11) is 0. The summed E-state index contributed by atoms with van der Waals surface area (Å²) in [6.45, 7) is -0.782. The van der Waals surface area contributed by atoms with Gasteiger partial charge in [-0.15, -0.1) is 0 Å². The molecular formula is C11H12F2N2O4S. The van der Waals surface area contributed by atoms with Crippen LogP contribution in [0.25, 0.3) is 0 Å². The minimum atomic E-state index is -2.65. The van der Waals surface area contributed by atoms with Crippen molar-refractivity contribution in [2.24, 2.45) is 0 Å². The number of alkyl halides is 2. The zero-order valence-corrected chi connectivity index (χ0v) is 10.9. The summed E-state index contributed by atoms with van der Waals surface area (Å²) in [4.78, 5) is 22.3. The van der Waals surface area contributed by atoms with Crippen molar-refractivity contribution in [1.82, 2.24) is 5.32 Å². The van der Waals surface area contributed by atoms with Crippen molar-refractivity contribution in [3.8, 4) is 0 Å². The van der Waals surface area contributed by atoms with E-state index in [9.17, 15) is 18.4 Å². The van der Waals surface area contributed by atoms with Crippen LogP contribution in [0.15, 0.2) is 29.2 Å². The number of carboxylic acids is 1. The fraction of sp³-hybridized carbons (Fsp3) is 0.273. The number of aliphatic carboxylic acids is 1. The van der Waals surface area contributed by atoms with Crippen molar-refractivity contribution in [3.05, 3.63) is 24.3 Å². The Kier molecular flexibility index (Phi) is 6.19. The van der Waals surface area contributed by atoms with Crippen molar-refractivity contribution < 1.29 is 28.6 Å². The second-order valence-electron chi connectivity index (χ2n) is 3.55. The van der Waals surface area contributed by atoms with Gasteiger partial charge in [-0.05, 0) is 12.1 Å². The average molecular weight is 306 g/mol. The predicted octanol–water partition coefficient (Wildman–Crippen LogP) is 1.57. The molecule has 4 N–H and O–H groups in total. The number of rotatable bonds is 6. The Morgan fingerprint density at radius 1 is 1.30 bits per heavy atom. The first-order valence-electron chi connectivity index (χ1n) is 5.39. The lowest BCUT2D eigenvalue weighted by Crippen LogP contribution is -2.45. The maximum atomic E-state index is 12.3. The molecular weight excluding hydrogens is 294 g/mol. The molecule has 0 heterocycles. The molecule has 1 aromatic carbocycles. The van der Waals surface area contributed by atoms with E-state index >= 15 is 0 Å². The number of carboxylic acid groups (broad SMARTS) is 1. The number of aliphatic hydroxyl groups is 1. The van der Waals surface area contributed by atoms with Crippen LogP contribution in [0, 0.1) is 0 Å². The molecule has 2 amide bonds. The molecule has 0 bridgehead atoms.